The molecule has 4 nitrogen and oxygen atoms in total. The normalized spacial score (nSPS) is 17.7. The first-order valence-electron chi connectivity index (χ1n) is 7.23. The van der Waals surface area contributed by atoms with Crippen LogP contribution in [-0.4, -0.2) is 29.9 Å². The average Bonchev–Trinajstić information content (AvgIpc) is 3.17. The van der Waals surface area contributed by atoms with Gasteiger partial charge >= 0.3 is 5.97 Å². The van der Waals surface area contributed by atoms with Crippen molar-refractivity contribution in [3.8, 4) is 0 Å². The Bertz CT molecular complexity index is 639. The summed E-state index contributed by atoms with van der Waals surface area (Å²) in [5, 5.41) is 3.61. The maximum absolute atomic E-state index is 12.0. The molecule has 1 atom stereocenters. The smallest absolute Gasteiger partial charge is 0.338 e. The van der Waals surface area contributed by atoms with E-state index in [0.717, 1.165) is 5.56 Å². The molecular formula is C17H17NO3S. The Kier molecular flexibility index (Phi) is 4.53. The topological polar surface area (TPSA) is 46.6 Å². The van der Waals surface area contributed by atoms with Crippen molar-refractivity contribution in [2.24, 2.45) is 5.92 Å². The van der Waals surface area contributed by atoms with Gasteiger partial charge in [0, 0.05) is 30.8 Å². The van der Waals surface area contributed by atoms with E-state index in [-0.39, 0.29) is 17.8 Å². The summed E-state index contributed by atoms with van der Waals surface area (Å²) in [7, 11) is 0. The third-order valence-electron chi connectivity index (χ3n) is 3.72. The lowest BCUT2D eigenvalue weighted by molar-refractivity contribution is -0.128. The Balaban J connectivity index is 1.50. The number of hydrogen-bond donors (Lipinski definition) is 0. The largest absolute Gasteiger partial charge is 0.462 e. The van der Waals surface area contributed by atoms with Crippen LogP contribution in [0.2, 0.25) is 0 Å². The van der Waals surface area contributed by atoms with E-state index in [2.05, 4.69) is 0 Å². The minimum atomic E-state index is -0.310. The molecule has 0 N–H and O–H groups in total. The van der Waals surface area contributed by atoms with E-state index in [1.165, 1.54) is 11.3 Å². The van der Waals surface area contributed by atoms with Gasteiger partial charge in [-0.1, -0.05) is 30.3 Å². The molecule has 0 bridgehead atoms. The van der Waals surface area contributed by atoms with Crippen LogP contribution in [0.4, 0.5) is 0 Å². The van der Waals surface area contributed by atoms with E-state index in [1.54, 1.807) is 11.4 Å². The number of nitrogens with zero attached hydrogens (tertiary/aromatic N) is 1. The van der Waals surface area contributed by atoms with Crippen LogP contribution in [0.5, 0.6) is 0 Å². The number of esters is 1. The van der Waals surface area contributed by atoms with Gasteiger partial charge in [-0.25, -0.2) is 4.79 Å². The van der Waals surface area contributed by atoms with Gasteiger partial charge in [-0.15, -0.1) is 0 Å². The molecule has 1 aliphatic rings. The fraction of sp³-hybridized carbons (Fsp3) is 0.294. The van der Waals surface area contributed by atoms with Crippen LogP contribution in [0, 0.1) is 5.92 Å². The van der Waals surface area contributed by atoms with Gasteiger partial charge in [0.2, 0.25) is 5.91 Å². The first kappa shape index (κ1) is 14.8. The maximum atomic E-state index is 12.0. The van der Waals surface area contributed by atoms with Crippen molar-refractivity contribution in [1.29, 1.82) is 0 Å². The van der Waals surface area contributed by atoms with E-state index in [9.17, 15) is 9.59 Å². The molecule has 1 aromatic heterocycles. The zero-order chi connectivity index (χ0) is 15.4. The number of ether oxygens (including phenoxy) is 1. The molecule has 0 aliphatic carbocycles. The van der Waals surface area contributed by atoms with Gasteiger partial charge in [-0.05, 0) is 17.0 Å². The number of thiophene rings is 1. The Morgan fingerprint density at radius 2 is 2.09 bits per heavy atom. The molecule has 0 unspecified atom stereocenters. The van der Waals surface area contributed by atoms with E-state index < -0.39 is 0 Å². The first-order valence-corrected chi connectivity index (χ1v) is 8.17. The quantitative estimate of drug-likeness (QED) is 0.797. The lowest BCUT2D eigenvalue weighted by atomic mass is 10.1. The van der Waals surface area contributed by atoms with Gasteiger partial charge in [0.05, 0.1) is 12.2 Å². The molecule has 5 heteroatoms. The Morgan fingerprint density at radius 3 is 2.82 bits per heavy atom. The van der Waals surface area contributed by atoms with E-state index in [0.29, 0.717) is 31.7 Å². The lowest BCUT2D eigenvalue weighted by Gasteiger charge is -2.16. The second-order valence-electron chi connectivity index (χ2n) is 5.44. The van der Waals surface area contributed by atoms with Crippen molar-refractivity contribution in [3.05, 3.63) is 58.3 Å². The van der Waals surface area contributed by atoms with Crippen LogP contribution in [-0.2, 0) is 16.1 Å². The summed E-state index contributed by atoms with van der Waals surface area (Å²) in [5.41, 5.74) is 1.70. The summed E-state index contributed by atoms with van der Waals surface area (Å²) >= 11 is 1.46. The Labute approximate surface area is 133 Å². The fourth-order valence-electron chi connectivity index (χ4n) is 2.58. The van der Waals surface area contributed by atoms with Crippen LogP contribution in [0.3, 0.4) is 0 Å². The predicted octanol–water partition coefficient (Wildman–Crippen LogP) is 2.95. The van der Waals surface area contributed by atoms with E-state index in [1.807, 2.05) is 40.6 Å². The highest BCUT2D eigenvalue weighted by Gasteiger charge is 2.30. The molecule has 1 aliphatic heterocycles. The monoisotopic (exact) mass is 315 g/mol. The number of rotatable bonds is 5. The third-order valence-corrected chi connectivity index (χ3v) is 4.40. The standard InChI is InChI=1S/C17H17NO3S/c19-16-8-14(11-21-17(20)15-6-7-22-12-15)10-18(16)9-13-4-2-1-3-5-13/h1-7,12,14H,8-11H2/t14-/m1/s1. The van der Waals surface area contributed by atoms with E-state index in [4.69, 9.17) is 4.74 Å². The number of hydrogen-bond acceptors (Lipinski definition) is 4. The van der Waals surface area contributed by atoms with Gasteiger partial charge in [-0.2, -0.15) is 11.3 Å². The fourth-order valence-corrected chi connectivity index (χ4v) is 3.20. The SMILES string of the molecule is O=C(OC[C@@H]1CC(=O)N(Cc2ccccc2)C1)c1ccsc1. The van der Waals surface area contributed by atoms with Gasteiger partial charge < -0.3 is 9.64 Å². The zero-order valence-electron chi connectivity index (χ0n) is 12.1. The Hall–Kier alpha value is -2.14. The van der Waals surface area contributed by atoms with Gasteiger partial charge in [0.1, 0.15) is 0 Å². The second kappa shape index (κ2) is 6.75. The molecule has 0 spiro atoms. The summed E-state index contributed by atoms with van der Waals surface area (Å²) in [4.78, 5) is 25.7. The highest BCUT2D eigenvalue weighted by molar-refractivity contribution is 7.08. The molecular weight excluding hydrogens is 298 g/mol. The van der Waals surface area contributed by atoms with Crippen LogP contribution < -0.4 is 0 Å². The first-order chi connectivity index (χ1) is 10.7. The molecule has 2 aromatic rings. The average molecular weight is 315 g/mol. The predicted molar refractivity (Wildman–Crippen MR) is 84.6 cm³/mol. The molecule has 1 saturated heterocycles. The van der Waals surface area contributed by atoms with Crippen LogP contribution >= 0.6 is 11.3 Å². The van der Waals surface area contributed by atoms with Crippen LogP contribution in [0.25, 0.3) is 0 Å². The molecule has 1 fully saturated rings. The van der Waals surface area contributed by atoms with Crippen molar-refractivity contribution in [2.75, 3.05) is 13.2 Å². The molecule has 1 aromatic carbocycles. The van der Waals surface area contributed by atoms with Gasteiger partial charge in [0.25, 0.3) is 0 Å². The molecule has 0 saturated carbocycles. The number of benzene rings is 1. The molecule has 1 amide bonds. The molecule has 22 heavy (non-hydrogen) atoms. The summed E-state index contributed by atoms with van der Waals surface area (Å²) in [6.45, 7) is 1.56. The summed E-state index contributed by atoms with van der Waals surface area (Å²) in [6, 6.07) is 11.7. The van der Waals surface area contributed by atoms with Crippen molar-refractivity contribution >= 4 is 23.2 Å². The van der Waals surface area contributed by atoms with Crippen molar-refractivity contribution in [2.45, 2.75) is 13.0 Å². The molecule has 3 rings (SSSR count). The number of likely N-dealkylation sites (tertiary alicyclic amines) is 1. The minimum absolute atomic E-state index is 0.0822. The summed E-state index contributed by atoms with van der Waals surface area (Å²) < 4.78 is 5.31. The van der Waals surface area contributed by atoms with Crippen molar-refractivity contribution in [1.82, 2.24) is 4.90 Å². The maximum Gasteiger partial charge on any atom is 0.338 e. The third kappa shape index (κ3) is 3.54. The minimum Gasteiger partial charge on any atom is -0.462 e. The number of carbonyl (C=O) groups is 2. The van der Waals surface area contributed by atoms with E-state index >= 15 is 0 Å². The van der Waals surface area contributed by atoms with Gasteiger partial charge in [-0.3, -0.25) is 4.79 Å². The number of amides is 1. The lowest BCUT2D eigenvalue weighted by Crippen LogP contribution is -2.25. The van der Waals surface area contributed by atoms with Gasteiger partial charge in [0.15, 0.2) is 0 Å². The molecule has 0 radical (unpaired) electrons. The van der Waals surface area contributed by atoms with Crippen LogP contribution in [0.1, 0.15) is 22.3 Å². The highest BCUT2D eigenvalue weighted by Crippen LogP contribution is 2.21. The summed E-state index contributed by atoms with van der Waals surface area (Å²) in [5.74, 6) is -0.102. The van der Waals surface area contributed by atoms with Crippen LogP contribution in [0.15, 0.2) is 47.2 Å². The molecule has 2 heterocycles. The number of carbonyl (C=O) groups excluding carboxylic acids is 2. The van der Waals surface area contributed by atoms with Crippen molar-refractivity contribution < 1.29 is 14.3 Å². The Morgan fingerprint density at radius 1 is 1.27 bits per heavy atom. The van der Waals surface area contributed by atoms with Crippen molar-refractivity contribution in [3.63, 3.8) is 0 Å². The zero-order valence-corrected chi connectivity index (χ0v) is 12.9. The second-order valence-corrected chi connectivity index (χ2v) is 6.22. The summed E-state index contributed by atoms with van der Waals surface area (Å²) in [6.07, 6.45) is 0.448. The molecule has 114 valence electrons. The highest BCUT2D eigenvalue weighted by atomic mass is 32.1.